The van der Waals surface area contributed by atoms with Gasteiger partial charge in [0, 0.05) is 11.2 Å². The third-order valence-corrected chi connectivity index (χ3v) is 7.11. The number of halogens is 1. The van der Waals surface area contributed by atoms with E-state index in [1.54, 1.807) is 0 Å². The predicted molar refractivity (Wildman–Crippen MR) is 87.1 cm³/mol. The minimum absolute atomic E-state index is 0.428. The highest BCUT2D eigenvalue weighted by Gasteiger charge is 2.66. The number of hydrogen-bond acceptors (Lipinski definition) is 2. The van der Waals surface area contributed by atoms with Crippen LogP contribution < -0.4 is 0 Å². The lowest BCUT2D eigenvalue weighted by Gasteiger charge is -2.09. The Hall–Kier alpha value is -0.410. The van der Waals surface area contributed by atoms with Gasteiger partial charge in [-0.25, -0.2) is 4.98 Å². The number of benzene rings is 1. The summed E-state index contributed by atoms with van der Waals surface area (Å²) in [7, 11) is 0. The highest BCUT2D eigenvalue weighted by molar-refractivity contribution is 9.09. The highest BCUT2D eigenvalue weighted by atomic mass is 79.9. The molecule has 1 unspecified atom stereocenters. The molecule has 1 nitrogen and oxygen atoms in total. The Balaban J connectivity index is 1.79. The maximum atomic E-state index is 4.75. The first-order valence-electron chi connectivity index (χ1n) is 6.82. The number of alkyl halides is 1. The van der Waals surface area contributed by atoms with Gasteiger partial charge in [-0.1, -0.05) is 55.8 Å². The van der Waals surface area contributed by atoms with E-state index < -0.39 is 0 Å². The molecule has 1 aromatic carbocycles. The Labute approximate surface area is 127 Å². The van der Waals surface area contributed by atoms with Gasteiger partial charge in [-0.15, -0.1) is 11.3 Å². The van der Waals surface area contributed by atoms with Crippen LogP contribution in [-0.2, 0) is 6.42 Å². The monoisotopic (exact) mass is 337 g/mol. The van der Waals surface area contributed by atoms with Crippen molar-refractivity contribution in [1.29, 1.82) is 0 Å². The summed E-state index contributed by atoms with van der Waals surface area (Å²) in [6.45, 7) is 9.52. The second-order valence-electron chi connectivity index (χ2n) is 6.72. The topological polar surface area (TPSA) is 12.9 Å². The van der Waals surface area contributed by atoms with E-state index in [2.05, 4.69) is 67.9 Å². The fourth-order valence-corrected chi connectivity index (χ4v) is 6.31. The van der Waals surface area contributed by atoms with Crippen LogP contribution >= 0.6 is 27.3 Å². The molecular weight excluding hydrogens is 318 g/mol. The molecule has 102 valence electrons. The van der Waals surface area contributed by atoms with Crippen LogP contribution in [0.2, 0.25) is 0 Å². The number of rotatable bonds is 3. The van der Waals surface area contributed by atoms with Crippen LogP contribution in [0.4, 0.5) is 0 Å². The van der Waals surface area contributed by atoms with Gasteiger partial charge in [0.25, 0.3) is 0 Å². The number of hydrogen-bond donors (Lipinski definition) is 0. The quantitative estimate of drug-likeness (QED) is 0.694. The Morgan fingerprint density at radius 1 is 1.21 bits per heavy atom. The van der Waals surface area contributed by atoms with Crippen molar-refractivity contribution in [1.82, 2.24) is 4.98 Å². The summed E-state index contributed by atoms with van der Waals surface area (Å²) in [4.78, 5) is 5.27. The molecule has 1 aliphatic rings. The van der Waals surface area contributed by atoms with Crippen LogP contribution in [0.1, 0.15) is 32.7 Å². The average molecular weight is 338 g/mol. The van der Waals surface area contributed by atoms with Gasteiger partial charge in [-0.3, -0.25) is 0 Å². The minimum atomic E-state index is 0.428. The molecule has 0 radical (unpaired) electrons. The van der Waals surface area contributed by atoms with Crippen molar-refractivity contribution in [2.24, 2.45) is 16.7 Å². The minimum Gasteiger partial charge on any atom is -0.241 e. The maximum absolute atomic E-state index is 4.75. The Kier molecular flexibility index (Phi) is 3.06. The molecular formula is C16H20BrNS. The lowest BCUT2D eigenvalue weighted by Crippen LogP contribution is -2.10. The van der Waals surface area contributed by atoms with E-state index in [4.69, 9.17) is 4.98 Å². The molecule has 1 heterocycles. The number of thiazole rings is 1. The van der Waals surface area contributed by atoms with Gasteiger partial charge in [0.15, 0.2) is 0 Å². The Morgan fingerprint density at radius 3 is 2.42 bits per heavy atom. The summed E-state index contributed by atoms with van der Waals surface area (Å²) in [5, 5.41) is 1.25. The lowest BCUT2D eigenvalue weighted by atomic mass is 10.0. The molecule has 0 bridgehead atoms. The molecule has 1 atom stereocenters. The third-order valence-electron chi connectivity index (χ3n) is 5.20. The molecule has 19 heavy (non-hydrogen) atoms. The van der Waals surface area contributed by atoms with Crippen molar-refractivity contribution in [2.45, 2.75) is 38.9 Å². The van der Waals surface area contributed by atoms with Crippen molar-refractivity contribution >= 4 is 37.5 Å². The van der Waals surface area contributed by atoms with Crippen LogP contribution in [0.5, 0.6) is 0 Å². The first kappa shape index (κ1) is 13.6. The van der Waals surface area contributed by atoms with Crippen LogP contribution in [0, 0.1) is 16.7 Å². The van der Waals surface area contributed by atoms with E-state index in [-0.39, 0.29) is 0 Å². The lowest BCUT2D eigenvalue weighted by molar-refractivity contribution is 0.457. The fraction of sp³-hybridized carbons (Fsp3) is 0.562. The average Bonchev–Trinajstić information content (AvgIpc) is 2.61. The molecule has 0 N–H and O–H groups in total. The van der Waals surface area contributed by atoms with Gasteiger partial charge in [0.2, 0.25) is 0 Å². The van der Waals surface area contributed by atoms with Gasteiger partial charge in [-0.05, 0) is 28.9 Å². The zero-order chi connectivity index (χ0) is 13.8. The van der Waals surface area contributed by atoms with Crippen LogP contribution in [-0.4, -0.2) is 9.81 Å². The molecule has 1 fully saturated rings. The molecule has 0 amide bonds. The number of fused-ring (bicyclic) bond motifs is 1. The van der Waals surface area contributed by atoms with E-state index in [1.807, 2.05) is 11.3 Å². The van der Waals surface area contributed by atoms with E-state index in [0.29, 0.717) is 15.7 Å². The van der Waals surface area contributed by atoms with Gasteiger partial charge in [-0.2, -0.15) is 0 Å². The summed E-state index contributed by atoms with van der Waals surface area (Å²) in [5.41, 5.74) is 1.99. The van der Waals surface area contributed by atoms with Crippen molar-refractivity contribution < 1.29 is 0 Å². The number of nitrogens with zero attached hydrogens (tertiary/aromatic N) is 1. The summed E-state index contributed by atoms with van der Waals surface area (Å²) >= 11 is 5.75. The second-order valence-corrected chi connectivity index (χ2v) is 9.01. The van der Waals surface area contributed by atoms with Gasteiger partial charge in [0.05, 0.1) is 15.2 Å². The van der Waals surface area contributed by atoms with Crippen LogP contribution in [0.15, 0.2) is 24.3 Å². The Morgan fingerprint density at radius 2 is 1.84 bits per heavy atom. The molecule has 1 aliphatic carbocycles. The Bertz CT molecular complexity index is 567. The highest BCUT2D eigenvalue weighted by Crippen LogP contribution is 2.71. The van der Waals surface area contributed by atoms with Crippen molar-refractivity contribution in [3.05, 3.63) is 29.3 Å². The molecule has 0 spiro atoms. The van der Waals surface area contributed by atoms with Crippen molar-refractivity contribution in [3.8, 4) is 0 Å². The first-order valence-corrected chi connectivity index (χ1v) is 8.56. The van der Waals surface area contributed by atoms with Crippen molar-refractivity contribution in [3.63, 3.8) is 0 Å². The SMILES string of the molecule is CC1(C)C(C(Br)Cc2nc3ccccc3s2)C1(C)C. The van der Waals surface area contributed by atoms with Crippen LogP contribution in [0.25, 0.3) is 10.2 Å². The molecule has 3 heteroatoms. The fourth-order valence-electron chi connectivity index (χ4n) is 3.44. The molecule has 2 aromatic rings. The van der Waals surface area contributed by atoms with E-state index in [1.165, 1.54) is 9.71 Å². The van der Waals surface area contributed by atoms with Gasteiger partial charge < -0.3 is 0 Å². The molecule has 3 rings (SSSR count). The molecule has 0 aliphatic heterocycles. The van der Waals surface area contributed by atoms with E-state index in [9.17, 15) is 0 Å². The molecule has 1 aromatic heterocycles. The summed E-state index contributed by atoms with van der Waals surface area (Å²) in [6, 6.07) is 8.40. The summed E-state index contributed by atoms with van der Waals surface area (Å²) in [6.07, 6.45) is 1.04. The molecule has 0 saturated heterocycles. The standard InChI is InChI=1S/C16H20BrNS/c1-15(2)14(16(15,3)4)10(17)9-13-18-11-7-5-6-8-12(11)19-13/h5-8,10,14H,9H2,1-4H3. The predicted octanol–water partition coefficient (Wildman–Crippen LogP) is 5.28. The second kappa shape index (κ2) is 4.29. The van der Waals surface area contributed by atoms with Crippen LogP contribution in [0.3, 0.4) is 0 Å². The largest absolute Gasteiger partial charge is 0.241 e. The molecule has 1 saturated carbocycles. The summed E-state index contributed by atoms with van der Waals surface area (Å²) < 4.78 is 1.30. The first-order chi connectivity index (χ1) is 8.84. The van der Waals surface area contributed by atoms with Crippen molar-refractivity contribution in [2.75, 3.05) is 0 Å². The van der Waals surface area contributed by atoms with Gasteiger partial charge >= 0.3 is 0 Å². The zero-order valence-electron chi connectivity index (χ0n) is 11.9. The zero-order valence-corrected chi connectivity index (χ0v) is 14.3. The van der Waals surface area contributed by atoms with E-state index >= 15 is 0 Å². The smallest absolute Gasteiger partial charge is 0.0949 e. The normalized spacial score (nSPS) is 22.6. The number of aromatic nitrogens is 1. The number of para-hydroxylation sites is 1. The van der Waals surface area contributed by atoms with Gasteiger partial charge in [0.1, 0.15) is 0 Å². The summed E-state index contributed by atoms with van der Waals surface area (Å²) in [5.74, 6) is 0.729. The maximum Gasteiger partial charge on any atom is 0.0949 e. The van der Waals surface area contributed by atoms with E-state index in [0.717, 1.165) is 17.9 Å². The third kappa shape index (κ3) is 2.06.